The van der Waals surface area contributed by atoms with Crippen molar-refractivity contribution in [2.24, 2.45) is 0 Å². The van der Waals surface area contributed by atoms with Crippen LogP contribution in [0, 0.1) is 13.8 Å². The molecule has 1 atom stereocenters. The Labute approximate surface area is 121 Å². The van der Waals surface area contributed by atoms with Crippen LogP contribution in [0.5, 0.6) is 0 Å². The summed E-state index contributed by atoms with van der Waals surface area (Å²) in [6.45, 7) is 4.32. The standard InChI is InChI=1S/C15H18BrNS/c1-10-6-11(2)8-12(7-10)14(17-3)9-13-4-5-15(16)18-13/h4-8,14,17H,9H2,1-3H3. The Kier molecular flexibility index (Phi) is 4.60. The monoisotopic (exact) mass is 323 g/mol. The van der Waals surface area contributed by atoms with Gasteiger partial charge in [0.1, 0.15) is 0 Å². The predicted molar refractivity (Wildman–Crippen MR) is 83.4 cm³/mol. The first kappa shape index (κ1) is 13.8. The fourth-order valence-corrected chi connectivity index (χ4v) is 3.79. The second kappa shape index (κ2) is 6.00. The Morgan fingerprint density at radius 2 is 1.83 bits per heavy atom. The van der Waals surface area contributed by atoms with Crippen LogP contribution in [0.25, 0.3) is 0 Å². The molecule has 1 aromatic carbocycles. The molecule has 0 saturated heterocycles. The molecule has 0 aliphatic rings. The van der Waals surface area contributed by atoms with Crippen molar-refractivity contribution in [1.82, 2.24) is 5.32 Å². The Balaban J connectivity index is 2.22. The molecular weight excluding hydrogens is 306 g/mol. The number of halogens is 1. The second-order valence-electron chi connectivity index (χ2n) is 4.67. The van der Waals surface area contributed by atoms with Crippen molar-refractivity contribution in [3.8, 4) is 0 Å². The van der Waals surface area contributed by atoms with Crippen LogP contribution in [-0.2, 0) is 6.42 Å². The lowest BCUT2D eigenvalue weighted by Gasteiger charge is -2.17. The van der Waals surface area contributed by atoms with Crippen LogP contribution in [-0.4, -0.2) is 7.05 Å². The molecule has 0 aliphatic carbocycles. The summed E-state index contributed by atoms with van der Waals surface area (Å²) in [5, 5.41) is 3.42. The minimum Gasteiger partial charge on any atom is -0.313 e. The van der Waals surface area contributed by atoms with Crippen LogP contribution in [0.1, 0.15) is 27.6 Å². The molecule has 0 bridgehead atoms. The number of benzene rings is 1. The number of hydrogen-bond acceptors (Lipinski definition) is 2. The van der Waals surface area contributed by atoms with Crippen LogP contribution in [0.2, 0.25) is 0 Å². The molecule has 0 aliphatic heterocycles. The minimum absolute atomic E-state index is 0.383. The average molecular weight is 324 g/mol. The van der Waals surface area contributed by atoms with Gasteiger partial charge in [0.25, 0.3) is 0 Å². The van der Waals surface area contributed by atoms with E-state index in [0.29, 0.717) is 6.04 Å². The molecule has 18 heavy (non-hydrogen) atoms. The first-order valence-corrected chi connectivity index (χ1v) is 7.69. The van der Waals surface area contributed by atoms with E-state index in [4.69, 9.17) is 0 Å². The van der Waals surface area contributed by atoms with Crippen LogP contribution < -0.4 is 5.32 Å². The number of hydrogen-bond donors (Lipinski definition) is 1. The summed E-state index contributed by atoms with van der Waals surface area (Å²) in [7, 11) is 2.03. The summed E-state index contributed by atoms with van der Waals surface area (Å²) in [5.74, 6) is 0. The van der Waals surface area contributed by atoms with Crippen molar-refractivity contribution in [2.75, 3.05) is 7.05 Å². The van der Waals surface area contributed by atoms with Gasteiger partial charge in [0, 0.05) is 17.3 Å². The third-order valence-corrected chi connectivity index (χ3v) is 4.67. The van der Waals surface area contributed by atoms with Gasteiger partial charge in [-0.25, -0.2) is 0 Å². The highest BCUT2D eigenvalue weighted by Crippen LogP contribution is 2.27. The van der Waals surface area contributed by atoms with Gasteiger partial charge in [-0.05, 0) is 54.5 Å². The normalized spacial score (nSPS) is 12.7. The second-order valence-corrected chi connectivity index (χ2v) is 7.22. The highest BCUT2D eigenvalue weighted by Gasteiger charge is 2.12. The maximum absolute atomic E-state index is 3.52. The van der Waals surface area contributed by atoms with Crippen molar-refractivity contribution in [3.05, 3.63) is 55.7 Å². The summed E-state index contributed by atoms with van der Waals surface area (Å²) in [6.07, 6.45) is 1.04. The molecule has 3 heteroatoms. The molecule has 1 heterocycles. The van der Waals surface area contributed by atoms with E-state index in [9.17, 15) is 0 Å². The first-order valence-electron chi connectivity index (χ1n) is 6.08. The van der Waals surface area contributed by atoms with E-state index in [1.54, 1.807) is 0 Å². The lowest BCUT2D eigenvalue weighted by molar-refractivity contribution is 0.596. The smallest absolute Gasteiger partial charge is 0.0701 e. The van der Waals surface area contributed by atoms with E-state index in [1.807, 2.05) is 18.4 Å². The summed E-state index contributed by atoms with van der Waals surface area (Å²) in [5.41, 5.74) is 4.04. The molecular formula is C15H18BrNS. The Bertz CT molecular complexity index is 513. The van der Waals surface area contributed by atoms with Crippen molar-refractivity contribution in [2.45, 2.75) is 26.3 Å². The van der Waals surface area contributed by atoms with Gasteiger partial charge in [-0.1, -0.05) is 29.3 Å². The first-order chi connectivity index (χ1) is 8.58. The van der Waals surface area contributed by atoms with E-state index >= 15 is 0 Å². The molecule has 0 amide bonds. The SMILES string of the molecule is CNC(Cc1ccc(Br)s1)c1cc(C)cc(C)c1. The zero-order valence-electron chi connectivity index (χ0n) is 11.0. The molecule has 1 unspecified atom stereocenters. The van der Waals surface area contributed by atoms with Gasteiger partial charge < -0.3 is 5.32 Å². The van der Waals surface area contributed by atoms with E-state index in [0.717, 1.165) is 6.42 Å². The van der Waals surface area contributed by atoms with E-state index in [1.165, 1.54) is 25.4 Å². The van der Waals surface area contributed by atoms with Crippen molar-refractivity contribution in [3.63, 3.8) is 0 Å². The molecule has 96 valence electrons. The molecule has 1 nitrogen and oxygen atoms in total. The summed E-state index contributed by atoms with van der Waals surface area (Å²) in [4.78, 5) is 1.40. The van der Waals surface area contributed by atoms with Gasteiger partial charge in [-0.2, -0.15) is 0 Å². The number of thiophene rings is 1. The third-order valence-electron chi connectivity index (χ3n) is 3.03. The molecule has 2 aromatic rings. The zero-order chi connectivity index (χ0) is 13.1. The summed E-state index contributed by atoms with van der Waals surface area (Å²) < 4.78 is 1.20. The van der Waals surface area contributed by atoms with Crippen molar-refractivity contribution >= 4 is 27.3 Å². The fourth-order valence-electron chi connectivity index (χ4n) is 2.26. The number of rotatable bonds is 4. The highest BCUT2D eigenvalue weighted by molar-refractivity contribution is 9.11. The van der Waals surface area contributed by atoms with Crippen molar-refractivity contribution < 1.29 is 0 Å². The highest BCUT2D eigenvalue weighted by atomic mass is 79.9. The molecule has 0 radical (unpaired) electrons. The topological polar surface area (TPSA) is 12.0 Å². The van der Waals surface area contributed by atoms with E-state index < -0.39 is 0 Å². The quantitative estimate of drug-likeness (QED) is 0.864. The van der Waals surface area contributed by atoms with Crippen molar-refractivity contribution in [1.29, 1.82) is 0 Å². The minimum atomic E-state index is 0.383. The van der Waals surface area contributed by atoms with Gasteiger partial charge in [0.05, 0.1) is 3.79 Å². The summed E-state index contributed by atoms with van der Waals surface area (Å²) >= 11 is 5.33. The van der Waals surface area contributed by atoms with E-state index in [-0.39, 0.29) is 0 Å². The molecule has 1 aromatic heterocycles. The van der Waals surface area contributed by atoms with Gasteiger partial charge in [0.15, 0.2) is 0 Å². The van der Waals surface area contributed by atoms with Gasteiger partial charge >= 0.3 is 0 Å². The zero-order valence-corrected chi connectivity index (χ0v) is 13.4. The number of aryl methyl sites for hydroxylation is 2. The number of nitrogens with one attached hydrogen (secondary N) is 1. The largest absolute Gasteiger partial charge is 0.313 e. The van der Waals surface area contributed by atoms with Crippen LogP contribution >= 0.6 is 27.3 Å². The molecule has 0 fully saturated rings. The van der Waals surface area contributed by atoms with Crippen LogP contribution in [0.4, 0.5) is 0 Å². The molecule has 0 saturated carbocycles. The Morgan fingerprint density at radius 1 is 1.17 bits per heavy atom. The molecule has 0 spiro atoms. The Morgan fingerprint density at radius 3 is 2.33 bits per heavy atom. The maximum atomic E-state index is 3.52. The van der Waals surface area contributed by atoms with Crippen LogP contribution in [0.15, 0.2) is 34.1 Å². The predicted octanol–water partition coefficient (Wildman–Crippen LogP) is 4.63. The van der Waals surface area contributed by atoms with Crippen LogP contribution in [0.3, 0.4) is 0 Å². The fraction of sp³-hybridized carbons (Fsp3) is 0.333. The molecule has 1 N–H and O–H groups in total. The van der Waals surface area contributed by atoms with E-state index in [2.05, 4.69) is 65.4 Å². The lowest BCUT2D eigenvalue weighted by Crippen LogP contribution is -2.18. The molecule has 2 rings (SSSR count). The summed E-state index contributed by atoms with van der Waals surface area (Å²) in [6, 6.07) is 11.5. The number of likely N-dealkylation sites (N-methyl/N-ethyl adjacent to an activating group) is 1. The lowest BCUT2D eigenvalue weighted by atomic mass is 9.99. The third kappa shape index (κ3) is 3.44. The maximum Gasteiger partial charge on any atom is 0.0701 e. The van der Waals surface area contributed by atoms with Gasteiger partial charge in [-0.3, -0.25) is 0 Å². The van der Waals surface area contributed by atoms with Gasteiger partial charge in [0.2, 0.25) is 0 Å². The average Bonchev–Trinajstić information content (AvgIpc) is 2.70. The Hall–Kier alpha value is -0.640. The van der Waals surface area contributed by atoms with Gasteiger partial charge in [-0.15, -0.1) is 11.3 Å².